The molecule has 3 fully saturated rings. The van der Waals surface area contributed by atoms with Gasteiger partial charge in [-0.3, -0.25) is 43.6 Å². The van der Waals surface area contributed by atoms with Crippen LogP contribution in [0, 0.1) is 11.8 Å². The van der Waals surface area contributed by atoms with Crippen LogP contribution in [-0.4, -0.2) is 131 Å². The van der Waals surface area contributed by atoms with Crippen molar-refractivity contribution in [2.75, 3.05) is 31.9 Å². The molecule has 57 heavy (non-hydrogen) atoms. The predicted octanol–water partition coefficient (Wildman–Crippen LogP) is -1.75. The Kier molecular flexibility index (Phi) is 19.3. The number of carbonyl (C=O) groups excluding carboxylic acids is 9. The van der Waals surface area contributed by atoms with E-state index in [4.69, 9.17) is 10.9 Å². The SMILES string of the molecule is CC(C)CC(CC(=O)NO)C(=O)N1CCC[C@H]1C(=O)N[C@@H](C)C(=O)NCC(=O)NCC(=O)N[C@@H](CCCCNC(=O)CCCC[C@@H]1SC[C@@H]2NC(=O)N[C@@H]21)C(N)=O. The Morgan fingerprint density at radius 3 is 2.33 bits per heavy atom. The molecule has 11 N–H and O–H groups in total. The minimum absolute atomic E-state index is 0.0715. The average molecular weight is 825 g/mol. The van der Waals surface area contributed by atoms with Gasteiger partial charge in [0.1, 0.15) is 18.1 Å². The molecule has 3 rings (SSSR count). The van der Waals surface area contributed by atoms with Crippen molar-refractivity contribution in [3.05, 3.63) is 0 Å². The van der Waals surface area contributed by atoms with Gasteiger partial charge in [0.2, 0.25) is 47.3 Å². The molecule has 10 amide bonds. The van der Waals surface area contributed by atoms with Crippen LogP contribution in [0.25, 0.3) is 0 Å². The third-order valence-corrected chi connectivity index (χ3v) is 11.6. The van der Waals surface area contributed by atoms with E-state index in [1.807, 2.05) is 25.6 Å². The van der Waals surface area contributed by atoms with Crippen LogP contribution in [0.15, 0.2) is 0 Å². The Morgan fingerprint density at radius 1 is 0.895 bits per heavy atom. The number of carbonyl (C=O) groups is 9. The van der Waals surface area contributed by atoms with E-state index in [1.54, 1.807) is 5.48 Å². The van der Waals surface area contributed by atoms with Gasteiger partial charge in [0.15, 0.2) is 0 Å². The summed E-state index contributed by atoms with van der Waals surface area (Å²) in [5.41, 5.74) is 7.00. The average Bonchev–Trinajstić information content (AvgIpc) is 3.90. The first-order valence-electron chi connectivity index (χ1n) is 19.7. The summed E-state index contributed by atoms with van der Waals surface area (Å²) in [7, 11) is 0. The van der Waals surface area contributed by atoms with Gasteiger partial charge in [0.05, 0.1) is 25.2 Å². The fourth-order valence-corrected chi connectivity index (χ4v) is 8.72. The third kappa shape index (κ3) is 15.7. The third-order valence-electron chi connectivity index (χ3n) is 10.1. The van der Waals surface area contributed by atoms with E-state index in [9.17, 15) is 43.2 Å². The minimum atomic E-state index is -1.07. The first-order chi connectivity index (χ1) is 27.1. The predicted molar refractivity (Wildman–Crippen MR) is 208 cm³/mol. The Balaban J connectivity index is 1.27. The van der Waals surface area contributed by atoms with Crippen molar-refractivity contribution in [3.63, 3.8) is 0 Å². The second-order valence-electron chi connectivity index (χ2n) is 15.2. The molecule has 0 aliphatic carbocycles. The standard InChI is InChI=1S/C36H60N10O10S/c1-20(2)15-22(16-28(48)45-56)35(54)46-14-8-10-25(46)34(53)41-21(3)33(52)40-17-29(49)39-18-30(50)42-23(32(37)51)9-6-7-13-38-27(47)12-5-4-11-26-31-24(19-57-26)43-36(55)44-31/h20-26,31,56H,4-19H2,1-3H3,(H2,37,51)(H,38,47)(H,39,49)(H,40,52)(H,41,53)(H,42,50)(H,45,48)(H2,43,44,55)/t21-,22?,23-,24-,25-,26-,31-/m0/s1. The number of thioether (sulfide) groups is 1. The largest absolute Gasteiger partial charge is 0.368 e. The zero-order valence-corrected chi connectivity index (χ0v) is 33.8. The molecule has 0 saturated carbocycles. The van der Waals surface area contributed by atoms with Crippen molar-refractivity contribution in [3.8, 4) is 0 Å². The van der Waals surface area contributed by atoms with Gasteiger partial charge in [0, 0.05) is 42.9 Å². The molecular weight excluding hydrogens is 765 g/mol. The van der Waals surface area contributed by atoms with Crippen molar-refractivity contribution >= 4 is 65.1 Å². The van der Waals surface area contributed by atoms with Crippen LogP contribution in [0.3, 0.4) is 0 Å². The molecule has 21 heteroatoms. The summed E-state index contributed by atoms with van der Waals surface area (Å²) in [4.78, 5) is 113. The molecule has 0 bridgehead atoms. The van der Waals surface area contributed by atoms with Crippen molar-refractivity contribution in [1.29, 1.82) is 0 Å². The van der Waals surface area contributed by atoms with E-state index in [2.05, 4.69) is 37.2 Å². The topological polar surface area (TPSA) is 299 Å². The van der Waals surface area contributed by atoms with Gasteiger partial charge < -0.3 is 47.9 Å². The van der Waals surface area contributed by atoms with Gasteiger partial charge in [-0.15, -0.1) is 0 Å². The molecule has 0 aromatic heterocycles. The fraction of sp³-hybridized carbons (Fsp3) is 0.750. The number of rotatable bonds is 24. The van der Waals surface area contributed by atoms with Crippen LogP contribution in [0.2, 0.25) is 0 Å². The van der Waals surface area contributed by atoms with Crippen LogP contribution in [0.1, 0.15) is 91.4 Å². The monoisotopic (exact) mass is 824 g/mol. The molecule has 0 aromatic carbocycles. The molecule has 0 spiro atoms. The maximum Gasteiger partial charge on any atom is 0.315 e. The molecule has 0 radical (unpaired) electrons. The zero-order valence-electron chi connectivity index (χ0n) is 33.0. The van der Waals surface area contributed by atoms with Crippen LogP contribution in [0.4, 0.5) is 4.79 Å². The Hall–Kier alpha value is -4.66. The van der Waals surface area contributed by atoms with E-state index >= 15 is 0 Å². The Labute approximate surface area is 336 Å². The smallest absolute Gasteiger partial charge is 0.315 e. The number of nitrogens with one attached hydrogen (secondary N) is 8. The highest BCUT2D eigenvalue weighted by atomic mass is 32.2. The summed E-state index contributed by atoms with van der Waals surface area (Å²) in [5, 5.41) is 27.8. The number of unbranched alkanes of at least 4 members (excludes halogenated alkanes) is 2. The molecule has 0 aromatic rings. The minimum Gasteiger partial charge on any atom is -0.368 e. The van der Waals surface area contributed by atoms with Gasteiger partial charge in [-0.05, 0) is 64.2 Å². The summed E-state index contributed by atoms with van der Waals surface area (Å²) in [5.74, 6) is -4.31. The van der Waals surface area contributed by atoms with E-state index in [0.29, 0.717) is 56.9 Å². The lowest BCUT2D eigenvalue weighted by Crippen LogP contribution is -2.54. The summed E-state index contributed by atoms with van der Waals surface area (Å²) in [6.07, 6.45) is 5.23. The van der Waals surface area contributed by atoms with Gasteiger partial charge in [-0.25, -0.2) is 10.3 Å². The maximum atomic E-state index is 13.3. The highest BCUT2D eigenvalue weighted by Crippen LogP contribution is 2.33. The molecule has 3 aliphatic rings. The molecule has 7 atom stereocenters. The second-order valence-corrected chi connectivity index (χ2v) is 16.5. The van der Waals surface area contributed by atoms with Crippen molar-refractivity contribution in [2.45, 2.75) is 127 Å². The number of nitrogens with two attached hydrogens (primary N) is 1. The number of primary amides is 1. The number of hydrogen-bond acceptors (Lipinski definition) is 11. The lowest BCUT2D eigenvalue weighted by atomic mass is 9.92. The van der Waals surface area contributed by atoms with Gasteiger partial charge in [-0.2, -0.15) is 11.8 Å². The van der Waals surface area contributed by atoms with Crippen LogP contribution in [0.5, 0.6) is 0 Å². The molecular formula is C36H60N10O10S. The van der Waals surface area contributed by atoms with Crippen LogP contribution >= 0.6 is 11.8 Å². The van der Waals surface area contributed by atoms with E-state index in [-0.39, 0.29) is 48.7 Å². The normalized spacial score (nSPS) is 21.3. The van der Waals surface area contributed by atoms with E-state index < -0.39 is 72.6 Å². The number of nitrogens with zero attached hydrogens (tertiary/aromatic N) is 1. The van der Waals surface area contributed by atoms with Crippen molar-refractivity contribution in [2.24, 2.45) is 17.6 Å². The summed E-state index contributed by atoms with van der Waals surface area (Å²) in [6.45, 7) is 4.89. The molecule has 20 nitrogen and oxygen atoms in total. The van der Waals surface area contributed by atoms with Crippen LogP contribution < -0.4 is 48.4 Å². The van der Waals surface area contributed by atoms with Gasteiger partial charge in [-0.1, -0.05) is 20.3 Å². The molecule has 3 heterocycles. The first kappa shape index (κ1) is 46.7. The number of amides is 10. The summed E-state index contributed by atoms with van der Waals surface area (Å²) in [6, 6.07) is -2.71. The summed E-state index contributed by atoms with van der Waals surface area (Å²) < 4.78 is 0. The molecule has 320 valence electrons. The number of urea groups is 1. The summed E-state index contributed by atoms with van der Waals surface area (Å²) >= 11 is 1.84. The molecule has 3 saturated heterocycles. The maximum absolute atomic E-state index is 13.3. The van der Waals surface area contributed by atoms with Crippen molar-refractivity contribution in [1.82, 2.24) is 47.6 Å². The van der Waals surface area contributed by atoms with Gasteiger partial charge >= 0.3 is 6.03 Å². The quantitative estimate of drug-likeness (QED) is 0.0226. The van der Waals surface area contributed by atoms with E-state index in [1.165, 1.54) is 11.8 Å². The number of likely N-dealkylation sites (tertiary alicyclic amines) is 1. The number of fused-ring (bicyclic) bond motifs is 1. The Morgan fingerprint density at radius 2 is 1.63 bits per heavy atom. The highest BCUT2D eigenvalue weighted by molar-refractivity contribution is 8.00. The number of hydrogen-bond donors (Lipinski definition) is 10. The first-order valence-corrected chi connectivity index (χ1v) is 20.8. The fourth-order valence-electron chi connectivity index (χ4n) is 7.18. The molecule has 3 aliphatic heterocycles. The number of hydroxylamine groups is 1. The molecule has 1 unspecified atom stereocenters. The second kappa shape index (κ2) is 23.5. The highest BCUT2D eigenvalue weighted by Gasteiger charge is 2.42. The van der Waals surface area contributed by atoms with E-state index in [0.717, 1.165) is 25.0 Å². The van der Waals surface area contributed by atoms with Gasteiger partial charge in [0.25, 0.3) is 0 Å². The van der Waals surface area contributed by atoms with Crippen molar-refractivity contribution < 1.29 is 48.4 Å². The lowest BCUT2D eigenvalue weighted by Gasteiger charge is -2.29. The Bertz CT molecular complexity index is 1470. The lowest BCUT2D eigenvalue weighted by molar-refractivity contribution is -0.145. The zero-order chi connectivity index (χ0) is 42.1. The van der Waals surface area contributed by atoms with Crippen LogP contribution in [-0.2, 0) is 38.4 Å².